The van der Waals surface area contributed by atoms with Gasteiger partial charge in [0.05, 0.1) is 29.1 Å². The molecule has 2 aliphatic heterocycles. The third kappa shape index (κ3) is 1.48. The maximum Gasteiger partial charge on any atom is 0.250 e. The smallest absolute Gasteiger partial charge is 0.250 e. The summed E-state index contributed by atoms with van der Waals surface area (Å²) in [5.41, 5.74) is 1.93. The van der Waals surface area contributed by atoms with Crippen LogP contribution >= 0.6 is 0 Å². The second kappa shape index (κ2) is 4.07. The molecule has 4 aliphatic rings. The topological polar surface area (TPSA) is 65.0 Å². The van der Waals surface area contributed by atoms with Crippen molar-refractivity contribution in [3.05, 3.63) is 59.9 Å². The molecule has 0 aromatic heterocycles. The Morgan fingerprint density at radius 2 is 1.45 bits per heavy atom. The Morgan fingerprint density at radius 1 is 0.850 bits per heavy atom. The van der Waals surface area contributed by atoms with Crippen LogP contribution in [0.15, 0.2) is 59.9 Å². The minimum atomic E-state index is -0.0601. The van der Waals surface area contributed by atoms with Crippen molar-refractivity contribution in [1.82, 2.24) is 10.6 Å². The zero-order valence-corrected chi connectivity index (χ0v) is 10.8. The van der Waals surface area contributed by atoms with Gasteiger partial charge in [-0.25, -0.2) is 0 Å². The Hall–Kier alpha value is -2.36. The molecule has 2 saturated heterocycles. The van der Waals surface area contributed by atoms with Gasteiger partial charge in [0.1, 0.15) is 0 Å². The summed E-state index contributed by atoms with van der Waals surface area (Å²) in [6, 6.07) is 0.128. The Bertz CT molecular complexity index is 651. The lowest BCUT2D eigenvalue weighted by Gasteiger charge is -2.16. The Balaban J connectivity index is 1.79. The van der Waals surface area contributed by atoms with Crippen molar-refractivity contribution in [2.45, 2.75) is 12.1 Å². The first-order valence-electron chi connectivity index (χ1n) is 6.86. The molecule has 4 atom stereocenters. The van der Waals surface area contributed by atoms with Gasteiger partial charge < -0.3 is 16.0 Å². The summed E-state index contributed by atoms with van der Waals surface area (Å²) < 4.78 is 0. The summed E-state index contributed by atoms with van der Waals surface area (Å²) in [5, 5.41) is 14.7. The number of allylic oxidation sites excluding steroid dienone is 5. The van der Waals surface area contributed by atoms with Gasteiger partial charge in [-0.2, -0.15) is 0 Å². The summed E-state index contributed by atoms with van der Waals surface area (Å²) >= 11 is 0. The number of amides is 1. The third-order valence-electron chi connectivity index (χ3n) is 4.33. The predicted molar refractivity (Wildman–Crippen MR) is 77.1 cm³/mol. The number of fused-ring (bicyclic) bond motifs is 2. The summed E-state index contributed by atoms with van der Waals surface area (Å²) in [5.74, 6) is 0.0102. The predicted octanol–water partition coefficient (Wildman–Crippen LogP) is 1.21. The molecule has 100 valence electrons. The van der Waals surface area contributed by atoms with Crippen LogP contribution in [0.4, 0.5) is 0 Å². The minimum Gasteiger partial charge on any atom is -0.376 e. The molecule has 2 fully saturated rings. The van der Waals surface area contributed by atoms with E-state index >= 15 is 0 Å². The molecule has 0 bridgehead atoms. The molecule has 4 rings (SSSR count). The Morgan fingerprint density at radius 3 is 2.15 bits per heavy atom. The zero-order valence-electron chi connectivity index (χ0n) is 10.8. The van der Waals surface area contributed by atoms with Crippen LogP contribution in [-0.2, 0) is 4.79 Å². The summed E-state index contributed by atoms with van der Waals surface area (Å²) in [7, 11) is 0. The molecule has 2 aliphatic carbocycles. The van der Waals surface area contributed by atoms with Gasteiger partial charge in [0.15, 0.2) is 0 Å². The van der Waals surface area contributed by atoms with Crippen LogP contribution in [0.5, 0.6) is 0 Å². The Labute approximate surface area is 117 Å². The van der Waals surface area contributed by atoms with Gasteiger partial charge in [0.2, 0.25) is 0 Å². The second-order valence-corrected chi connectivity index (χ2v) is 5.46. The van der Waals surface area contributed by atoms with Gasteiger partial charge in [-0.05, 0) is 0 Å². The summed E-state index contributed by atoms with van der Waals surface area (Å²) in [4.78, 5) is 12.3. The van der Waals surface area contributed by atoms with E-state index in [1.807, 2.05) is 48.6 Å². The molecule has 0 spiro atoms. The van der Waals surface area contributed by atoms with Crippen LogP contribution < -0.4 is 10.6 Å². The van der Waals surface area contributed by atoms with E-state index in [9.17, 15) is 4.79 Å². The van der Waals surface area contributed by atoms with Crippen LogP contribution in [0.1, 0.15) is 0 Å². The average molecular weight is 265 g/mol. The fourth-order valence-corrected chi connectivity index (χ4v) is 3.34. The fraction of sp³-hybridized carbons (Fsp3) is 0.250. The number of rotatable bonds is 0. The van der Waals surface area contributed by atoms with Gasteiger partial charge in [-0.3, -0.25) is 4.79 Å². The largest absolute Gasteiger partial charge is 0.376 e. The Kier molecular flexibility index (Phi) is 2.33. The van der Waals surface area contributed by atoms with Crippen molar-refractivity contribution in [3.8, 4) is 0 Å². The molecule has 4 unspecified atom stereocenters. The highest BCUT2D eigenvalue weighted by molar-refractivity contribution is 6.11. The third-order valence-corrected chi connectivity index (χ3v) is 4.33. The molecule has 2 heterocycles. The molecule has 0 aromatic rings. The van der Waals surface area contributed by atoms with Crippen LogP contribution in [-0.4, -0.2) is 23.7 Å². The molecule has 4 heteroatoms. The van der Waals surface area contributed by atoms with Crippen molar-refractivity contribution in [2.75, 3.05) is 0 Å². The summed E-state index contributed by atoms with van der Waals surface area (Å²) in [6.45, 7) is 0. The molecular formula is C16H15N3O. The number of hydrogen-bond acceptors (Lipinski definition) is 3. The SMILES string of the molecule is N=C1/C(=C2/C(=O)NC3C=CC=CC23)NC2C=CC=CC12. The van der Waals surface area contributed by atoms with Crippen LogP contribution in [0, 0.1) is 17.2 Å². The van der Waals surface area contributed by atoms with Crippen molar-refractivity contribution in [1.29, 1.82) is 5.41 Å². The maximum absolute atomic E-state index is 12.3. The van der Waals surface area contributed by atoms with E-state index < -0.39 is 0 Å². The van der Waals surface area contributed by atoms with E-state index in [0.29, 0.717) is 17.0 Å². The highest BCUT2D eigenvalue weighted by atomic mass is 16.2. The van der Waals surface area contributed by atoms with Gasteiger partial charge in [0, 0.05) is 11.8 Å². The van der Waals surface area contributed by atoms with Gasteiger partial charge in [-0.1, -0.05) is 48.6 Å². The average Bonchev–Trinajstić information content (AvgIpc) is 2.96. The van der Waals surface area contributed by atoms with E-state index in [0.717, 1.165) is 0 Å². The van der Waals surface area contributed by atoms with E-state index in [4.69, 9.17) is 5.41 Å². The van der Waals surface area contributed by atoms with E-state index in [1.54, 1.807) is 0 Å². The minimum absolute atomic E-state index is 0.0262. The second-order valence-electron chi connectivity index (χ2n) is 5.46. The lowest BCUT2D eigenvalue weighted by atomic mass is 9.88. The van der Waals surface area contributed by atoms with E-state index in [-0.39, 0.29) is 29.8 Å². The zero-order chi connectivity index (χ0) is 13.7. The monoisotopic (exact) mass is 265 g/mol. The number of hydrogen-bond donors (Lipinski definition) is 3. The molecule has 0 saturated carbocycles. The molecular weight excluding hydrogens is 250 g/mol. The normalized spacial score (nSPS) is 40.6. The summed E-state index contributed by atoms with van der Waals surface area (Å²) in [6.07, 6.45) is 16.0. The first-order chi connectivity index (χ1) is 9.75. The molecule has 3 N–H and O–H groups in total. The van der Waals surface area contributed by atoms with E-state index in [1.165, 1.54) is 0 Å². The highest BCUT2D eigenvalue weighted by Gasteiger charge is 2.42. The van der Waals surface area contributed by atoms with Gasteiger partial charge in [-0.15, -0.1) is 0 Å². The molecule has 0 aromatic carbocycles. The molecule has 0 radical (unpaired) electrons. The number of carbonyl (C=O) groups excluding carboxylic acids is 1. The lowest BCUT2D eigenvalue weighted by Crippen LogP contribution is -2.26. The van der Waals surface area contributed by atoms with E-state index in [2.05, 4.69) is 10.6 Å². The van der Waals surface area contributed by atoms with Crippen LogP contribution in [0.25, 0.3) is 0 Å². The molecule has 4 nitrogen and oxygen atoms in total. The maximum atomic E-state index is 12.3. The van der Waals surface area contributed by atoms with Crippen molar-refractivity contribution < 1.29 is 4.79 Å². The van der Waals surface area contributed by atoms with Crippen molar-refractivity contribution >= 4 is 11.6 Å². The lowest BCUT2D eigenvalue weighted by molar-refractivity contribution is -0.116. The quantitative estimate of drug-likeness (QED) is 0.576. The van der Waals surface area contributed by atoms with Crippen LogP contribution in [0.3, 0.4) is 0 Å². The number of carbonyl (C=O) groups is 1. The first kappa shape index (κ1) is 11.5. The van der Waals surface area contributed by atoms with Crippen molar-refractivity contribution in [2.24, 2.45) is 11.8 Å². The fourth-order valence-electron chi connectivity index (χ4n) is 3.34. The van der Waals surface area contributed by atoms with Gasteiger partial charge in [0.25, 0.3) is 5.91 Å². The molecule has 20 heavy (non-hydrogen) atoms. The van der Waals surface area contributed by atoms with Gasteiger partial charge >= 0.3 is 0 Å². The number of nitrogens with one attached hydrogen (secondary N) is 3. The first-order valence-corrected chi connectivity index (χ1v) is 6.86. The van der Waals surface area contributed by atoms with Crippen LogP contribution in [0.2, 0.25) is 0 Å². The molecule has 1 amide bonds. The highest BCUT2D eigenvalue weighted by Crippen LogP contribution is 2.34. The van der Waals surface area contributed by atoms with Crippen molar-refractivity contribution in [3.63, 3.8) is 0 Å². The standard InChI is InChI=1S/C16H15N3O/c17-14-10-6-2-4-8-12(10)18-15(14)13-9-5-1-3-7-11(9)19-16(13)20/h1-12,17-18H,(H,19,20)/b15-13-,17-14?.